The molecule has 2 saturated heterocycles. The SMILES string of the molecule is [B][P@@](=O)(OC[C@H]1O[C@@H](n2cnc3c(N)ncnc32)[C@H](O)[C@@H]1O)OP(=O)(O)OP(=O)(O)OP(=O)(O)OP(=O)(O)OC[C@H]1O[C@@H](n2cnc3c(N)ncnc32)[C@H](O)[C@@H]1O. The number of rotatable bonds is 16. The van der Waals surface area contributed by atoms with E-state index in [2.05, 4.69) is 51.7 Å². The summed E-state index contributed by atoms with van der Waals surface area (Å²) in [6.45, 7) is -2.20. The third-order valence-electron chi connectivity index (χ3n) is 7.65. The molecule has 0 aliphatic carbocycles. The van der Waals surface area contributed by atoms with Crippen LogP contribution in [-0.2, 0) is 58.6 Å². The molecule has 31 nitrogen and oxygen atoms in total. The molecule has 0 bridgehead atoms. The third-order valence-corrected chi connectivity index (χ3v) is 15.3. The van der Waals surface area contributed by atoms with Crippen molar-refractivity contribution in [2.75, 3.05) is 24.7 Å². The van der Waals surface area contributed by atoms with E-state index >= 15 is 0 Å². The third kappa shape index (κ3) is 9.85. The van der Waals surface area contributed by atoms with E-state index in [-0.39, 0.29) is 34.0 Å². The Bertz CT molecular complexity index is 2230. The van der Waals surface area contributed by atoms with Crippen LogP contribution in [0, 0.1) is 0 Å². The molecular weight excluding hydrogens is 882 g/mol. The highest BCUT2D eigenvalue weighted by molar-refractivity contribution is 7.84. The van der Waals surface area contributed by atoms with E-state index in [0.717, 1.165) is 34.4 Å². The minimum absolute atomic E-state index is 0.0220. The molecule has 12 N–H and O–H groups in total. The topological polar surface area (TPSA) is 460 Å². The monoisotopic (exact) mass is 910 g/mol. The maximum atomic E-state index is 12.6. The van der Waals surface area contributed by atoms with Gasteiger partial charge in [0.05, 0.1) is 25.9 Å². The van der Waals surface area contributed by atoms with Gasteiger partial charge in [-0.25, -0.2) is 52.5 Å². The normalized spacial score (nSPS) is 30.7. The molecule has 6 rings (SSSR count). The number of hydrogen-bond acceptors (Lipinski definition) is 25. The molecular formula is C20H28BN10O21P5. The number of phosphoric acid groups is 4. The van der Waals surface area contributed by atoms with E-state index in [1.54, 1.807) is 0 Å². The Hall–Kier alpha value is -2.73. The standard InChI is InChI=1S/C20H28BN10O21P5/c21-53(36,45-1-7-11(32)13(34)19(47-7)30-5-28-9-15(22)24-3-26-17(9)30)49-55(39,40)51-57(43,44)52-56(41,42)50-54(37,38)46-2-8-12(33)14(35)20(48-8)31-6-29-10-16(23)25-4-27-18(10)31/h3-8,11-14,19-20,32-35H,1-2H2,(H,37,38)(H,39,40)(H,41,42)(H,43,44)(H2,22,24,26)(H2,23,25,27)/t7-,8-,11-,12-,13-,14-,19-,20-,53-/m1/s1. The minimum Gasteiger partial charge on any atom is -0.387 e. The van der Waals surface area contributed by atoms with Gasteiger partial charge < -0.3 is 65.5 Å². The van der Waals surface area contributed by atoms with Crippen molar-refractivity contribution in [1.82, 2.24) is 39.0 Å². The average Bonchev–Trinajstić information content (AvgIpc) is 3.83. The molecule has 2 aliphatic rings. The Morgan fingerprint density at radius 2 is 0.982 bits per heavy atom. The van der Waals surface area contributed by atoms with Gasteiger partial charge in [0.15, 0.2) is 35.4 Å². The minimum atomic E-state index is -6.39. The van der Waals surface area contributed by atoms with Gasteiger partial charge in [0, 0.05) is 0 Å². The molecule has 0 aromatic carbocycles. The van der Waals surface area contributed by atoms with Crippen LogP contribution in [0.4, 0.5) is 11.6 Å². The molecule has 0 spiro atoms. The van der Waals surface area contributed by atoms with Crippen LogP contribution in [-0.4, -0.2) is 136 Å². The van der Waals surface area contributed by atoms with Gasteiger partial charge in [-0.05, 0) is 0 Å². The highest BCUT2D eigenvalue weighted by atomic mass is 31.3. The van der Waals surface area contributed by atoms with Gasteiger partial charge in [-0.3, -0.25) is 18.2 Å². The fourth-order valence-corrected chi connectivity index (χ4v) is 11.8. The van der Waals surface area contributed by atoms with Crippen LogP contribution in [0.5, 0.6) is 0 Å². The Labute approximate surface area is 316 Å². The molecule has 4 aromatic heterocycles. The van der Waals surface area contributed by atoms with Crippen molar-refractivity contribution in [3.63, 3.8) is 0 Å². The summed E-state index contributed by atoms with van der Waals surface area (Å²) >= 11 is 0. The first-order valence-corrected chi connectivity index (χ1v) is 22.7. The molecule has 4 aromatic rings. The van der Waals surface area contributed by atoms with Crippen LogP contribution in [0.2, 0.25) is 0 Å². The largest absolute Gasteiger partial charge is 0.490 e. The van der Waals surface area contributed by atoms with Crippen molar-refractivity contribution < 1.29 is 98.6 Å². The van der Waals surface area contributed by atoms with Crippen LogP contribution in [0.15, 0.2) is 25.3 Å². The number of nitrogen functional groups attached to an aromatic ring is 2. The highest BCUT2D eigenvalue weighted by Gasteiger charge is 2.50. The Kier molecular flexibility index (Phi) is 12.3. The second-order valence-corrected chi connectivity index (χ2v) is 19.5. The number of nitrogens with zero attached hydrogens (tertiary/aromatic N) is 8. The first kappa shape index (κ1) is 43.8. The summed E-state index contributed by atoms with van der Waals surface area (Å²) in [6, 6.07) is 0. The molecule has 37 heteroatoms. The Morgan fingerprint density at radius 1 is 0.596 bits per heavy atom. The number of ether oxygens (including phenoxy) is 2. The number of aliphatic hydroxyl groups is 4. The molecule has 57 heavy (non-hydrogen) atoms. The highest BCUT2D eigenvalue weighted by Crippen LogP contribution is 2.73. The molecule has 6 heterocycles. The van der Waals surface area contributed by atoms with Crippen LogP contribution >= 0.6 is 38.8 Å². The lowest BCUT2D eigenvalue weighted by Crippen LogP contribution is -2.33. The number of phosphoric ester groups is 1. The average molecular weight is 910 g/mol. The van der Waals surface area contributed by atoms with E-state index in [0.29, 0.717) is 0 Å². The van der Waals surface area contributed by atoms with Gasteiger partial charge >= 0.3 is 31.3 Å². The zero-order valence-electron chi connectivity index (χ0n) is 27.8. The van der Waals surface area contributed by atoms with Crippen LogP contribution < -0.4 is 11.5 Å². The summed E-state index contributed by atoms with van der Waals surface area (Å²) in [7, 11) is -24.9. The lowest BCUT2D eigenvalue weighted by Gasteiger charge is -2.23. The summed E-state index contributed by atoms with van der Waals surface area (Å²) in [5.74, 6) is -0.0549. The fraction of sp³-hybridized carbons (Fsp3) is 0.500. The van der Waals surface area contributed by atoms with Gasteiger partial charge in [0.1, 0.15) is 60.3 Å². The Balaban J connectivity index is 1.00. The van der Waals surface area contributed by atoms with E-state index in [1.165, 1.54) is 0 Å². The Morgan fingerprint density at radius 3 is 1.42 bits per heavy atom. The van der Waals surface area contributed by atoms with Crippen molar-refractivity contribution in [3.8, 4) is 0 Å². The summed E-state index contributed by atoms with van der Waals surface area (Å²) in [4.78, 5) is 62.9. The number of anilines is 2. The van der Waals surface area contributed by atoms with Gasteiger partial charge in [-0.15, -0.1) is 0 Å². The van der Waals surface area contributed by atoms with E-state index in [4.69, 9.17) is 33.0 Å². The molecule has 4 unspecified atom stereocenters. The number of nitrogens with two attached hydrogens (primary N) is 2. The zero-order chi connectivity index (χ0) is 41.9. The summed E-state index contributed by atoms with van der Waals surface area (Å²) in [6.07, 6.45) is -8.73. The van der Waals surface area contributed by atoms with Gasteiger partial charge in [0.2, 0.25) is 7.57 Å². The summed E-state index contributed by atoms with van der Waals surface area (Å²) in [5.41, 5.74) is 11.8. The maximum absolute atomic E-state index is 12.6. The van der Waals surface area contributed by atoms with Crippen molar-refractivity contribution in [2.45, 2.75) is 49.1 Å². The smallest absolute Gasteiger partial charge is 0.387 e. The number of imidazole rings is 2. The zero-order valence-corrected chi connectivity index (χ0v) is 32.2. The molecule has 0 saturated carbocycles. The number of aromatic nitrogens is 8. The van der Waals surface area contributed by atoms with Crippen LogP contribution in [0.1, 0.15) is 12.5 Å². The fourth-order valence-electron chi connectivity index (χ4n) is 5.28. The molecule has 2 radical (unpaired) electrons. The predicted octanol–water partition coefficient (Wildman–Crippen LogP) is -2.15. The molecule has 2 fully saturated rings. The maximum Gasteiger partial charge on any atom is 0.490 e. The lowest BCUT2D eigenvalue weighted by molar-refractivity contribution is -0.0503. The van der Waals surface area contributed by atoms with E-state index < -0.39 is 101 Å². The van der Waals surface area contributed by atoms with Gasteiger partial charge in [-0.2, -0.15) is 12.9 Å². The van der Waals surface area contributed by atoms with Crippen molar-refractivity contribution in [3.05, 3.63) is 25.3 Å². The predicted molar refractivity (Wildman–Crippen MR) is 180 cm³/mol. The van der Waals surface area contributed by atoms with Crippen molar-refractivity contribution in [1.29, 1.82) is 0 Å². The first-order chi connectivity index (χ1) is 26.4. The van der Waals surface area contributed by atoms with E-state index in [1.807, 2.05) is 0 Å². The number of fused-ring (bicyclic) bond motifs is 2. The lowest BCUT2D eigenvalue weighted by atomic mass is 10.1. The van der Waals surface area contributed by atoms with Crippen molar-refractivity contribution in [2.24, 2.45) is 0 Å². The van der Waals surface area contributed by atoms with Gasteiger partial charge in [-0.1, -0.05) is 0 Å². The second kappa shape index (κ2) is 16.0. The first-order valence-electron chi connectivity index (χ1n) is 15.1. The van der Waals surface area contributed by atoms with Crippen molar-refractivity contribution >= 4 is 80.3 Å². The van der Waals surface area contributed by atoms with Crippen LogP contribution in [0.3, 0.4) is 0 Å². The van der Waals surface area contributed by atoms with E-state index in [9.17, 15) is 62.8 Å². The van der Waals surface area contributed by atoms with Crippen LogP contribution in [0.25, 0.3) is 22.3 Å². The van der Waals surface area contributed by atoms with Gasteiger partial charge in [0.25, 0.3) is 7.47 Å². The summed E-state index contributed by atoms with van der Waals surface area (Å²) < 4.78 is 100.0. The second-order valence-electron chi connectivity index (χ2n) is 11.6. The molecule has 13 atom stereocenters. The molecule has 0 amide bonds. The number of hydrogen-bond donors (Lipinski definition) is 10. The molecule has 312 valence electrons. The quantitative estimate of drug-likeness (QED) is 0.0423. The summed E-state index contributed by atoms with van der Waals surface area (Å²) in [5, 5.41) is 41.9. The number of aliphatic hydroxyl groups excluding tert-OH is 4. The molecule has 2 aliphatic heterocycles.